The Kier molecular flexibility index (Phi) is 4.39. The highest BCUT2D eigenvalue weighted by molar-refractivity contribution is 5.83. The van der Waals surface area contributed by atoms with E-state index >= 15 is 0 Å². The highest BCUT2D eigenvalue weighted by Gasteiger charge is 2.09. The van der Waals surface area contributed by atoms with Crippen LogP contribution in [-0.4, -0.2) is 6.54 Å². The smallest absolute Gasteiger partial charge is 0.0329 e. The molecule has 18 heavy (non-hydrogen) atoms. The minimum Gasteiger partial charge on any atom is -0.310 e. The zero-order valence-electron chi connectivity index (χ0n) is 10.8. The normalized spacial score (nSPS) is 12.2. The van der Waals surface area contributed by atoms with E-state index in [1.54, 1.807) is 0 Å². The van der Waals surface area contributed by atoms with Gasteiger partial charge in [-0.3, -0.25) is 0 Å². The number of benzene rings is 2. The molecular formula is C17H19N. The fourth-order valence-electron chi connectivity index (χ4n) is 2.29. The van der Waals surface area contributed by atoms with Crippen molar-refractivity contribution in [3.05, 3.63) is 48.0 Å². The van der Waals surface area contributed by atoms with Crippen molar-refractivity contribution in [3.8, 4) is 12.3 Å². The van der Waals surface area contributed by atoms with Crippen LogP contribution in [0.2, 0.25) is 0 Å². The Bertz CT molecular complexity index is 551. The van der Waals surface area contributed by atoms with Crippen molar-refractivity contribution in [2.24, 2.45) is 0 Å². The van der Waals surface area contributed by atoms with Crippen LogP contribution >= 0.6 is 0 Å². The number of nitrogens with one attached hydrogen (secondary N) is 1. The molecule has 0 aliphatic heterocycles. The summed E-state index contributed by atoms with van der Waals surface area (Å²) >= 11 is 0. The first-order chi connectivity index (χ1) is 8.85. The molecule has 0 bridgehead atoms. The Morgan fingerprint density at radius 3 is 2.67 bits per heavy atom. The molecule has 1 heteroatoms. The third-order valence-corrected chi connectivity index (χ3v) is 3.20. The predicted octanol–water partition coefficient (Wildman–Crippen LogP) is 3.90. The molecule has 2 aromatic carbocycles. The van der Waals surface area contributed by atoms with Gasteiger partial charge in [-0.1, -0.05) is 43.3 Å². The first kappa shape index (κ1) is 12.7. The molecule has 1 nitrogen and oxygen atoms in total. The van der Waals surface area contributed by atoms with E-state index in [-0.39, 0.29) is 0 Å². The standard InChI is InChI=1S/C17H19N/c1-3-5-10-17(18-4-2)16-12-11-14-8-6-7-9-15(14)13-16/h1,6-9,11-13,17-18H,4-5,10H2,2H3. The Balaban J connectivity index is 2.29. The van der Waals surface area contributed by atoms with Gasteiger partial charge in [-0.25, -0.2) is 0 Å². The third kappa shape index (κ3) is 2.91. The van der Waals surface area contributed by atoms with Gasteiger partial charge in [0.2, 0.25) is 0 Å². The van der Waals surface area contributed by atoms with Crippen molar-refractivity contribution in [2.45, 2.75) is 25.8 Å². The SMILES string of the molecule is C#CCCC(NCC)c1ccc2ccccc2c1. The lowest BCUT2D eigenvalue weighted by molar-refractivity contribution is 0.523. The average molecular weight is 237 g/mol. The van der Waals surface area contributed by atoms with Crippen LogP contribution in [0, 0.1) is 12.3 Å². The average Bonchev–Trinajstić information content (AvgIpc) is 2.43. The Hall–Kier alpha value is -1.78. The summed E-state index contributed by atoms with van der Waals surface area (Å²) in [4.78, 5) is 0. The first-order valence-corrected chi connectivity index (χ1v) is 6.50. The van der Waals surface area contributed by atoms with Crippen molar-refractivity contribution < 1.29 is 0 Å². The summed E-state index contributed by atoms with van der Waals surface area (Å²) in [5.74, 6) is 2.72. The number of hydrogen-bond acceptors (Lipinski definition) is 1. The minimum atomic E-state index is 0.357. The van der Waals surface area contributed by atoms with E-state index < -0.39 is 0 Å². The van der Waals surface area contributed by atoms with Gasteiger partial charge in [0.1, 0.15) is 0 Å². The van der Waals surface area contributed by atoms with Gasteiger partial charge in [0, 0.05) is 12.5 Å². The van der Waals surface area contributed by atoms with Crippen LogP contribution in [-0.2, 0) is 0 Å². The number of rotatable bonds is 5. The van der Waals surface area contributed by atoms with E-state index in [2.05, 4.69) is 60.6 Å². The fourth-order valence-corrected chi connectivity index (χ4v) is 2.29. The summed E-state index contributed by atoms with van der Waals surface area (Å²) in [5, 5.41) is 6.08. The predicted molar refractivity (Wildman–Crippen MR) is 78.4 cm³/mol. The van der Waals surface area contributed by atoms with Crippen LogP contribution in [0.25, 0.3) is 10.8 Å². The minimum absolute atomic E-state index is 0.357. The Labute approximate surface area is 109 Å². The van der Waals surface area contributed by atoms with Gasteiger partial charge in [-0.15, -0.1) is 12.3 Å². The summed E-state index contributed by atoms with van der Waals surface area (Å²) in [5.41, 5.74) is 1.32. The first-order valence-electron chi connectivity index (χ1n) is 6.50. The van der Waals surface area contributed by atoms with E-state index in [9.17, 15) is 0 Å². The molecule has 1 unspecified atom stereocenters. The molecule has 1 atom stereocenters. The summed E-state index contributed by atoms with van der Waals surface area (Å²) < 4.78 is 0. The molecule has 0 aromatic heterocycles. The molecule has 2 aromatic rings. The van der Waals surface area contributed by atoms with Gasteiger partial charge in [-0.05, 0) is 35.4 Å². The summed E-state index contributed by atoms with van der Waals surface area (Å²) in [6.07, 6.45) is 7.16. The molecule has 92 valence electrons. The maximum Gasteiger partial charge on any atom is 0.0329 e. The van der Waals surface area contributed by atoms with Crippen molar-refractivity contribution >= 4 is 10.8 Å². The third-order valence-electron chi connectivity index (χ3n) is 3.20. The number of fused-ring (bicyclic) bond motifs is 1. The van der Waals surface area contributed by atoms with Crippen molar-refractivity contribution in [1.29, 1.82) is 0 Å². The molecule has 0 amide bonds. The molecule has 0 saturated heterocycles. The summed E-state index contributed by atoms with van der Waals surface area (Å²) in [7, 11) is 0. The van der Waals surface area contributed by atoms with Crippen LogP contribution in [0.5, 0.6) is 0 Å². The fraction of sp³-hybridized carbons (Fsp3) is 0.294. The molecule has 1 N–H and O–H groups in total. The molecule has 0 saturated carbocycles. The van der Waals surface area contributed by atoms with Gasteiger partial charge in [0.25, 0.3) is 0 Å². The second-order valence-corrected chi connectivity index (χ2v) is 4.46. The second kappa shape index (κ2) is 6.23. The van der Waals surface area contributed by atoms with Crippen LogP contribution in [0.1, 0.15) is 31.4 Å². The van der Waals surface area contributed by atoms with E-state index in [1.807, 2.05) is 0 Å². The topological polar surface area (TPSA) is 12.0 Å². The lowest BCUT2D eigenvalue weighted by Gasteiger charge is -2.17. The zero-order chi connectivity index (χ0) is 12.8. The van der Waals surface area contributed by atoms with Gasteiger partial charge in [0.15, 0.2) is 0 Å². The van der Waals surface area contributed by atoms with Gasteiger partial charge in [0.05, 0.1) is 0 Å². The second-order valence-electron chi connectivity index (χ2n) is 4.46. The molecular weight excluding hydrogens is 218 g/mol. The molecule has 2 rings (SSSR count). The van der Waals surface area contributed by atoms with Crippen LogP contribution in [0.3, 0.4) is 0 Å². The van der Waals surface area contributed by atoms with E-state index in [0.29, 0.717) is 6.04 Å². The van der Waals surface area contributed by atoms with Gasteiger partial charge < -0.3 is 5.32 Å². The van der Waals surface area contributed by atoms with E-state index in [0.717, 1.165) is 19.4 Å². The molecule has 0 spiro atoms. The van der Waals surface area contributed by atoms with E-state index in [1.165, 1.54) is 16.3 Å². The molecule has 0 heterocycles. The highest BCUT2D eigenvalue weighted by atomic mass is 14.9. The van der Waals surface area contributed by atoms with Crippen molar-refractivity contribution in [2.75, 3.05) is 6.54 Å². The van der Waals surface area contributed by atoms with E-state index in [4.69, 9.17) is 6.42 Å². The molecule has 0 radical (unpaired) electrons. The summed E-state index contributed by atoms with van der Waals surface area (Å²) in [6.45, 7) is 3.09. The Morgan fingerprint density at radius 1 is 1.17 bits per heavy atom. The maximum atomic E-state index is 5.36. The zero-order valence-corrected chi connectivity index (χ0v) is 10.8. The monoisotopic (exact) mass is 237 g/mol. The van der Waals surface area contributed by atoms with Gasteiger partial charge in [-0.2, -0.15) is 0 Å². The quantitative estimate of drug-likeness (QED) is 0.778. The van der Waals surface area contributed by atoms with Crippen molar-refractivity contribution in [3.63, 3.8) is 0 Å². The highest BCUT2D eigenvalue weighted by Crippen LogP contribution is 2.23. The largest absolute Gasteiger partial charge is 0.310 e. The number of terminal acetylenes is 1. The Morgan fingerprint density at radius 2 is 1.94 bits per heavy atom. The molecule has 0 fully saturated rings. The lowest BCUT2D eigenvalue weighted by Crippen LogP contribution is -2.20. The lowest BCUT2D eigenvalue weighted by atomic mass is 9.98. The van der Waals surface area contributed by atoms with Crippen LogP contribution in [0.4, 0.5) is 0 Å². The molecule has 0 aliphatic rings. The maximum absolute atomic E-state index is 5.36. The van der Waals surface area contributed by atoms with Crippen molar-refractivity contribution in [1.82, 2.24) is 5.32 Å². The summed E-state index contributed by atoms with van der Waals surface area (Å²) in [6, 6.07) is 15.5. The van der Waals surface area contributed by atoms with Crippen LogP contribution < -0.4 is 5.32 Å². The number of hydrogen-bond donors (Lipinski definition) is 1. The molecule has 0 aliphatic carbocycles. The van der Waals surface area contributed by atoms with Crippen LogP contribution in [0.15, 0.2) is 42.5 Å². The van der Waals surface area contributed by atoms with Gasteiger partial charge >= 0.3 is 0 Å².